The highest BCUT2D eigenvalue weighted by atomic mass is 16.5. The average Bonchev–Trinajstić information content (AvgIpc) is 2.77. The summed E-state index contributed by atoms with van der Waals surface area (Å²) in [5.41, 5.74) is 3.64. The van der Waals surface area contributed by atoms with Gasteiger partial charge >= 0.3 is 5.97 Å². The number of carbonyl (C=O) groups is 2. The molecule has 1 aliphatic rings. The summed E-state index contributed by atoms with van der Waals surface area (Å²) < 4.78 is 10.4. The van der Waals surface area contributed by atoms with Crippen molar-refractivity contribution in [2.24, 2.45) is 5.92 Å². The van der Waals surface area contributed by atoms with E-state index in [2.05, 4.69) is 36.4 Å². The van der Waals surface area contributed by atoms with E-state index in [1.165, 1.54) is 17.5 Å². The third-order valence-electron chi connectivity index (χ3n) is 5.38. The first-order valence-corrected chi connectivity index (χ1v) is 10.6. The Kier molecular flexibility index (Phi) is 8.44. The summed E-state index contributed by atoms with van der Waals surface area (Å²) in [6.07, 6.45) is 6.14. The Labute approximate surface area is 173 Å². The van der Waals surface area contributed by atoms with Gasteiger partial charge in [-0.15, -0.1) is 0 Å². The van der Waals surface area contributed by atoms with Gasteiger partial charge < -0.3 is 9.47 Å². The second-order valence-electron chi connectivity index (χ2n) is 7.72. The molecule has 0 aliphatic carbocycles. The van der Waals surface area contributed by atoms with E-state index in [0.29, 0.717) is 32.5 Å². The zero-order valence-electron chi connectivity index (χ0n) is 17.0. The van der Waals surface area contributed by atoms with Gasteiger partial charge in [0, 0.05) is 19.6 Å². The maximum Gasteiger partial charge on any atom is 0.309 e. The van der Waals surface area contributed by atoms with E-state index < -0.39 is 0 Å². The fraction of sp³-hybridized carbons (Fsp3) is 0.440. The second-order valence-corrected chi connectivity index (χ2v) is 7.72. The van der Waals surface area contributed by atoms with E-state index in [1.807, 2.05) is 18.2 Å². The highest BCUT2D eigenvalue weighted by molar-refractivity contribution is 5.84. The van der Waals surface area contributed by atoms with Gasteiger partial charge in [0.1, 0.15) is 6.61 Å². The number of esters is 1. The summed E-state index contributed by atoms with van der Waals surface area (Å²) in [5, 5.41) is 0. The van der Waals surface area contributed by atoms with Crippen molar-refractivity contribution in [2.45, 2.75) is 44.9 Å². The van der Waals surface area contributed by atoms with E-state index in [1.54, 1.807) is 0 Å². The Hall–Kier alpha value is -2.46. The molecule has 1 saturated heterocycles. The third-order valence-corrected chi connectivity index (χ3v) is 5.38. The Bertz CT molecular complexity index is 761. The highest BCUT2D eigenvalue weighted by Crippen LogP contribution is 2.16. The first-order valence-electron chi connectivity index (χ1n) is 10.6. The molecule has 2 aromatic carbocycles. The molecule has 154 valence electrons. The molecule has 3 rings (SSSR count). The number of benzene rings is 2. The van der Waals surface area contributed by atoms with Crippen molar-refractivity contribution in [3.63, 3.8) is 0 Å². The highest BCUT2D eigenvalue weighted by Gasteiger charge is 2.23. The van der Waals surface area contributed by atoms with Crippen LogP contribution in [0.5, 0.6) is 0 Å². The number of unbranched alkanes of at least 4 members (excludes halogenated alkanes) is 1. The van der Waals surface area contributed by atoms with Crippen molar-refractivity contribution in [1.82, 2.24) is 0 Å². The molecule has 0 saturated carbocycles. The van der Waals surface area contributed by atoms with Crippen LogP contribution < -0.4 is 0 Å². The summed E-state index contributed by atoms with van der Waals surface area (Å²) in [7, 11) is 0. The van der Waals surface area contributed by atoms with Crippen LogP contribution in [0.1, 0.15) is 42.4 Å². The largest absolute Gasteiger partial charge is 0.457 e. The van der Waals surface area contributed by atoms with E-state index in [-0.39, 0.29) is 24.3 Å². The molecule has 0 amide bonds. The molecular formula is C25H30O4. The molecule has 1 heterocycles. The van der Waals surface area contributed by atoms with Gasteiger partial charge in [-0.05, 0) is 55.2 Å². The van der Waals surface area contributed by atoms with Crippen molar-refractivity contribution < 1.29 is 19.1 Å². The molecule has 29 heavy (non-hydrogen) atoms. The standard InChI is InChI=1S/C25H30O4/c26-24(19-29-25(27)23-14-16-28-17-15-23)18-22-12-10-21(11-13-22)9-5-4-8-20-6-2-1-3-7-20/h1-3,6-7,10-13,23H,4-5,8-9,14-19H2. The summed E-state index contributed by atoms with van der Waals surface area (Å²) in [6, 6.07) is 18.8. The molecule has 0 atom stereocenters. The molecule has 1 fully saturated rings. The molecule has 4 heteroatoms. The predicted molar refractivity (Wildman–Crippen MR) is 113 cm³/mol. The Morgan fingerprint density at radius 3 is 2.07 bits per heavy atom. The third kappa shape index (κ3) is 7.47. The molecular weight excluding hydrogens is 364 g/mol. The van der Waals surface area contributed by atoms with Crippen LogP contribution in [0.3, 0.4) is 0 Å². The zero-order chi connectivity index (χ0) is 20.3. The van der Waals surface area contributed by atoms with Gasteiger partial charge in [-0.25, -0.2) is 0 Å². The molecule has 0 unspecified atom stereocenters. The summed E-state index contributed by atoms with van der Waals surface area (Å²) in [5.74, 6) is -0.466. The van der Waals surface area contributed by atoms with Crippen LogP contribution in [0, 0.1) is 5.92 Å². The lowest BCUT2D eigenvalue weighted by atomic mass is 10.0. The minimum atomic E-state index is -0.271. The van der Waals surface area contributed by atoms with Gasteiger partial charge in [-0.3, -0.25) is 9.59 Å². The first kappa shape index (κ1) is 21.3. The molecule has 0 radical (unpaired) electrons. The number of aryl methyl sites for hydroxylation is 2. The molecule has 1 aliphatic heterocycles. The van der Waals surface area contributed by atoms with Crippen LogP contribution in [0.4, 0.5) is 0 Å². The average molecular weight is 395 g/mol. The number of ether oxygens (including phenoxy) is 2. The van der Waals surface area contributed by atoms with E-state index >= 15 is 0 Å². The predicted octanol–water partition coefficient (Wildman–Crippen LogP) is 4.33. The van der Waals surface area contributed by atoms with Crippen LogP contribution in [-0.4, -0.2) is 31.6 Å². The lowest BCUT2D eigenvalue weighted by Gasteiger charge is -2.20. The molecule has 0 aromatic heterocycles. The van der Waals surface area contributed by atoms with E-state index in [0.717, 1.165) is 24.8 Å². The Morgan fingerprint density at radius 2 is 1.41 bits per heavy atom. The summed E-state index contributed by atoms with van der Waals surface area (Å²) in [6.45, 7) is 1.04. The van der Waals surface area contributed by atoms with Crippen LogP contribution in [0.25, 0.3) is 0 Å². The fourth-order valence-corrected chi connectivity index (χ4v) is 3.61. The first-order chi connectivity index (χ1) is 14.2. The number of carbonyl (C=O) groups excluding carboxylic acids is 2. The summed E-state index contributed by atoms with van der Waals surface area (Å²) >= 11 is 0. The number of ketones is 1. The SMILES string of the molecule is O=C(COC(=O)C1CCOCC1)Cc1ccc(CCCCc2ccccc2)cc1. The minimum Gasteiger partial charge on any atom is -0.457 e. The molecule has 0 bridgehead atoms. The Morgan fingerprint density at radius 1 is 0.828 bits per heavy atom. The van der Waals surface area contributed by atoms with Crippen LogP contribution in [0.2, 0.25) is 0 Å². The number of rotatable bonds is 10. The quantitative estimate of drug-likeness (QED) is 0.444. The molecule has 0 N–H and O–H groups in total. The van der Waals surface area contributed by atoms with E-state index in [4.69, 9.17) is 9.47 Å². The van der Waals surface area contributed by atoms with Gasteiger partial charge in [-0.2, -0.15) is 0 Å². The minimum absolute atomic E-state index is 0.0685. The summed E-state index contributed by atoms with van der Waals surface area (Å²) in [4.78, 5) is 24.1. The topological polar surface area (TPSA) is 52.6 Å². The maximum absolute atomic E-state index is 12.1. The van der Waals surface area contributed by atoms with Crippen LogP contribution >= 0.6 is 0 Å². The smallest absolute Gasteiger partial charge is 0.309 e. The van der Waals surface area contributed by atoms with Crippen molar-refractivity contribution in [1.29, 1.82) is 0 Å². The number of hydrogen-bond donors (Lipinski definition) is 0. The lowest BCUT2D eigenvalue weighted by Crippen LogP contribution is -2.27. The maximum atomic E-state index is 12.1. The van der Waals surface area contributed by atoms with Crippen LogP contribution in [-0.2, 0) is 38.3 Å². The van der Waals surface area contributed by atoms with Crippen LogP contribution in [0.15, 0.2) is 54.6 Å². The van der Waals surface area contributed by atoms with Gasteiger partial charge in [0.2, 0.25) is 0 Å². The van der Waals surface area contributed by atoms with Crippen molar-refractivity contribution in [3.8, 4) is 0 Å². The van der Waals surface area contributed by atoms with Gasteiger partial charge in [0.05, 0.1) is 5.92 Å². The fourth-order valence-electron chi connectivity index (χ4n) is 3.61. The second kappa shape index (κ2) is 11.5. The van der Waals surface area contributed by atoms with Gasteiger partial charge in [0.25, 0.3) is 0 Å². The van der Waals surface area contributed by atoms with Crippen molar-refractivity contribution >= 4 is 11.8 Å². The zero-order valence-corrected chi connectivity index (χ0v) is 17.0. The Balaban J connectivity index is 1.33. The van der Waals surface area contributed by atoms with Crippen molar-refractivity contribution in [3.05, 3.63) is 71.3 Å². The van der Waals surface area contributed by atoms with Gasteiger partial charge in [-0.1, -0.05) is 54.6 Å². The van der Waals surface area contributed by atoms with Crippen molar-refractivity contribution in [2.75, 3.05) is 19.8 Å². The normalized spacial score (nSPS) is 14.5. The number of Topliss-reactive ketones (excluding diaryl/α,β-unsaturated/α-hetero) is 1. The molecule has 4 nitrogen and oxygen atoms in total. The van der Waals surface area contributed by atoms with E-state index in [9.17, 15) is 9.59 Å². The number of hydrogen-bond acceptors (Lipinski definition) is 4. The van der Waals surface area contributed by atoms with Gasteiger partial charge in [0.15, 0.2) is 5.78 Å². The molecule has 2 aromatic rings. The monoisotopic (exact) mass is 394 g/mol. The molecule has 0 spiro atoms. The lowest BCUT2D eigenvalue weighted by molar-refractivity contribution is -0.154.